The lowest BCUT2D eigenvalue weighted by Gasteiger charge is -2.21. The molecule has 226 valence electrons. The molecule has 2 N–H and O–H groups in total. The van der Waals surface area contributed by atoms with Crippen molar-refractivity contribution in [2.24, 2.45) is 13.0 Å². The number of imidazole rings is 1. The maximum Gasteiger partial charge on any atom is 0.412 e. The van der Waals surface area contributed by atoms with Crippen molar-refractivity contribution < 1.29 is 18.7 Å². The fourth-order valence-corrected chi connectivity index (χ4v) is 5.95. The van der Waals surface area contributed by atoms with Crippen LogP contribution >= 0.6 is 22.9 Å². The molecule has 3 atom stereocenters. The van der Waals surface area contributed by atoms with E-state index >= 15 is 4.39 Å². The van der Waals surface area contributed by atoms with Crippen molar-refractivity contribution >= 4 is 57.1 Å². The number of carbonyl (C=O) groups is 2. The number of aromatic nitrogens is 6. The molecule has 1 saturated carbocycles. The Labute approximate surface area is 266 Å². The highest BCUT2D eigenvalue weighted by Gasteiger charge is 2.57. The maximum atomic E-state index is 16.1. The van der Waals surface area contributed by atoms with E-state index in [0.717, 1.165) is 16.8 Å². The Morgan fingerprint density at radius 1 is 1.05 bits per heavy atom. The number of ether oxygens (including phenoxy) is 1. The molecule has 1 aliphatic carbocycles. The number of anilines is 2. The van der Waals surface area contributed by atoms with Gasteiger partial charge in [0, 0.05) is 66.4 Å². The van der Waals surface area contributed by atoms with E-state index in [4.69, 9.17) is 4.74 Å². The topological polar surface area (TPSA) is 129 Å². The highest BCUT2D eigenvalue weighted by molar-refractivity contribution is 14.1. The standard InChI is InChI=1S/C31H30FIN8O3/c1-16-6-7-34-11-20(16)19-8-17-9-23(35-12-21(17)28(27(19)32)39-30(43)44-31(2,3)4)38-29(42)26-24(18-10-37-40(5)13-18)25(26)22-14-41(33)15-36-22/h6-15,24-26H,1-5H3,(H,39,43)(H,35,38,42)/t24-,25?,26+/m0/s1. The van der Waals surface area contributed by atoms with Gasteiger partial charge in [-0.25, -0.2) is 19.2 Å². The number of carbonyl (C=O) groups excluding carboxylic acids is 2. The van der Waals surface area contributed by atoms with E-state index in [2.05, 4.69) is 53.5 Å². The molecule has 1 fully saturated rings. The van der Waals surface area contributed by atoms with Gasteiger partial charge in [0.2, 0.25) is 5.91 Å². The minimum Gasteiger partial charge on any atom is -0.444 e. The number of hydrogen-bond acceptors (Lipinski definition) is 7. The van der Waals surface area contributed by atoms with E-state index in [1.807, 2.05) is 29.1 Å². The van der Waals surface area contributed by atoms with Gasteiger partial charge in [-0.05, 0) is 62.4 Å². The van der Waals surface area contributed by atoms with Crippen LogP contribution in [0.2, 0.25) is 0 Å². The molecule has 2 amide bonds. The van der Waals surface area contributed by atoms with Gasteiger partial charge in [-0.3, -0.25) is 22.6 Å². The summed E-state index contributed by atoms with van der Waals surface area (Å²) in [5, 5.41) is 10.7. The van der Waals surface area contributed by atoms with Crippen molar-refractivity contribution in [1.29, 1.82) is 0 Å². The largest absolute Gasteiger partial charge is 0.444 e. The first-order chi connectivity index (χ1) is 20.9. The van der Waals surface area contributed by atoms with Gasteiger partial charge in [-0.15, -0.1) is 0 Å². The zero-order valence-corrected chi connectivity index (χ0v) is 26.8. The van der Waals surface area contributed by atoms with Crippen LogP contribution < -0.4 is 10.6 Å². The van der Waals surface area contributed by atoms with Gasteiger partial charge in [0.15, 0.2) is 5.82 Å². The Balaban J connectivity index is 1.36. The van der Waals surface area contributed by atoms with Crippen LogP contribution in [0.3, 0.4) is 0 Å². The van der Waals surface area contributed by atoms with Crippen molar-refractivity contribution in [3.63, 3.8) is 0 Å². The van der Waals surface area contributed by atoms with Crippen molar-refractivity contribution in [2.45, 2.75) is 45.1 Å². The summed E-state index contributed by atoms with van der Waals surface area (Å²) in [6.45, 7) is 7.03. The van der Waals surface area contributed by atoms with Gasteiger partial charge in [-0.1, -0.05) is 0 Å². The highest BCUT2D eigenvalue weighted by atomic mass is 127. The molecule has 1 aromatic carbocycles. The van der Waals surface area contributed by atoms with Gasteiger partial charge in [-0.2, -0.15) is 5.10 Å². The third kappa shape index (κ3) is 5.87. The summed E-state index contributed by atoms with van der Waals surface area (Å²) in [7, 11) is 1.84. The van der Waals surface area contributed by atoms with E-state index in [-0.39, 0.29) is 34.9 Å². The third-order valence-electron chi connectivity index (χ3n) is 7.51. The molecule has 1 unspecified atom stereocenters. The number of pyridine rings is 2. The summed E-state index contributed by atoms with van der Waals surface area (Å²) in [5.41, 5.74) is 2.53. The summed E-state index contributed by atoms with van der Waals surface area (Å²) in [5.74, 6) is -1.15. The summed E-state index contributed by atoms with van der Waals surface area (Å²) in [4.78, 5) is 39.5. The zero-order chi connectivity index (χ0) is 31.3. The van der Waals surface area contributed by atoms with E-state index in [1.165, 1.54) is 6.20 Å². The fourth-order valence-electron chi connectivity index (χ4n) is 5.54. The Kier molecular flexibility index (Phi) is 7.59. The number of nitrogens with zero attached hydrogens (tertiary/aromatic N) is 6. The van der Waals surface area contributed by atoms with Crippen molar-refractivity contribution in [3.05, 3.63) is 84.3 Å². The minimum atomic E-state index is -0.801. The first-order valence-corrected chi connectivity index (χ1v) is 14.9. The van der Waals surface area contributed by atoms with Crippen LogP contribution in [0.15, 0.2) is 61.7 Å². The Hall–Kier alpha value is -4.40. The molecule has 44 heavy (non-hydrogen) atoms. The maximum absolute atomic E-state index is 16.1. The first-order valence-electron chi connectivity index (χ1n) is 13.9. The average molecular weight is 709 g/mol. The van der Waals surface area contributed by atoms with Crippen LogP contribution in [0.5, 0.6) is 0 Å². The second-order valence-corrected chi connectivity index (χ2v) is 13.0. The van der Waals surface area contributed by atoms with Gasteiger partial charge < -0.3 is 10.1 Å². The van der Waals surface area contributed by atoms with Gasteiger partial charge in [0.05, 0.1) is 46.4 Å². The molecular formula is C31H30FIN8O3. The van der Waals surface area contributed by atoms with Gasteiger partial charge in [0.1, 0.15) is 17.7 Å². The molecule has 13 heteroatoms. The quantitative estimate of drug-likeness (QED) is 0.197. The molecule has 6 rings (SSSR count). The number of benzene rings is 1. The van der Waals surface area contributed by atoms with Crippen LogP contribution in [0.1, 0.15) is 49.4 Å². The second-order valence-electron chi connectivity index (χ2n) is 11.9. The first kappa shape index (κ1) is 29.7. The third-order valence-corrected chi connectivity index (χ3v) is 8.04. The lowest BCUT2D eigenvalue weighted by molar-refractivity contribution is -0.117. The normalized spacial score (nSPS) is 17.8. The van der Waals surface area contributed by atoms with Crippen molar-refractivity contribution in [2.75, 3.05) is 10.6 Å². The smallest absolute Gasteiger partial charge is 0.412 e. The van der Waals surface area contributed by atoms with E-state index in [1.54, 1.807) is 68.6 Å². The monoisotopic (exact) mass is 708 g/mol. The number of rotatable bonds is 6. The van der Waals surface area contributed by atoms with E-state index in [0.29, 0.717) is 22.2 Å². The molecule has 1 aliphatic rings. The van der Waals surface area contributed by atoms with Crippen LogP contribution in [0.25, 0.3) is 21.9 Å². The molecule has 5 aromatic rings. The molecule has 4 aromatic heterocycles. The van der Waals surface area contributed by atoms with Gasteiger partial charge in [0.25, 0.3) is 0 Å². The average Bonchev–Trinajstić information content (AvgIpc) is 3.29. The molecule has 0 radical (unpaired) electrons. The minimum absolute atomic E-state index is 0.0753. The number of nitrogens with one attached hydrogen (secondary N) is 2. The van der Waals surface area contributed by atoms with Crippen LogP contribution in [0.4, 0.5) is 20.7 Å². The second kappa shape index (κ2) is 11.3. The fraction of sp³-hybridized carbons (Fsp3) is 0.290. The van der Waals surface area contributed by atoms with Crippen LogP contribution in [-0.4, -0.2) is 45.1 Å². The Bertz CT molecular complexity index is 1870. The van der Waals surface area contributed by atoms with Crippen LogP contribution in [0, 0.1) is 18.7 Å². The SMILES string of the molecule is Cc1ccncc1-c1cc2cc(NC(=O)[C@H]3C(c4cn(I)cn4)[C@@H]3c3cnn(C)c3)ncc2c(NC(=O)OC(C)(C)C)c1F. The molecule has 0 aliphatic heterocycles. The number of halogens is 2. The van der Waals surface area contributed by atoms with Crippen molar-refractivity contribution in [1.82, 2.24) is 27.5 Å². The summed E-state index contributed by atoms with van der Waals surface area (Å²) in [6.07, 6.45) is 11.1. The predicted molar refractivity (Wildman–Crippen MR) is 172 cm³/mol. The lowest BCUT2D eigenvalue weighted by Crippen LogP contribution is -2.27. The summed E-state index contributed by atoms with van der Waals surface area (Å²) in [6, 6.07) is 5.11. The van der Waals surface area contributed by atoms with E-state index < -0.39 is 17.5 Å². The zero-order valence-electron chi connectivity index (χ0n) is 24.7. The van der Waals surface area contributed by atoms with Crippen LogP contribution in [-0.2, 0) is 16.6 Å². The molecular weight excluding hydrogens is 678 g/mol. The van der Waals surface area contributed by atoms with Crippen molar-refractivity contribution in [3.8, 4) is 11.1 Å². The molecule has 0 saturated heterocycles. The van der Waals surface area contributed by atoms with Gasteiger partial charge >= 0.3 is 6.09 Å². The molecule has 0 spiro atoms. The lowest BCUT2D eigenvalue weighted by atomic mass is 9.98. The Morgan fingerprint density at radius 3 is 2.50 bits per heavy atom. The number of hydrogen-bond donors (Lipinski definition) is 2. The summed E-state index contributed by atoms with van der Waals surface area (Å²) < 4.78 is 25.0. The highest BCUT2D eigenvalue weighted by Crippen LogP contribution is 2.60. The molecule has 0 bridgehead atoms. The van der Waals surface area contributed by atoms with E-state index in [9.17, 15) is 9.59 Å². The summed E-state index contributed by atoms with van der Waals surface area (Å²) >= 11 is 2.13. The number of fused-ring (bicyclic) bond motifs is 1. The number of amides is 2. The Morgan fingerprint density at radius 2 is 1.84 bits per heavy atom. The number of aryl methyl sites for hydroxylation is 2. The molecule has 4 heterocycles. The molecule has 11 nitrogen and oxygen atoms in total. The predicted octanol–water partition coefficient (Wildman–Crippen LogP) is 6.36.